The van der Waals surface area contributed by atoms with Gasteiger partial charge in [-0.15, -0.1) is 11.6 Å². The molecular weight excluding hydrogens is 361 g/mol. The van der Waals surface area contributed by atoms with E-state index in [9.17, 15) is 19.3 Å². The number of hydrogen-bond donors (Lipinski definition) is 0. The summed E-state index contributed by atoms with van der Waals surface area (Å²) >= 11 is 6.68. The average molecular weight is 376 g/mol. The summed E-state index contributed by atoms with van der Waals surface area (Å²) in [6, 6.07) is 13.8. The topological polar surface area (TPSA) is 75.8 Å². The molecule has 0 saturated heterocycles. The van der Waals surface area contributed by atoms with E-state index in [4.69, 9.17) is 11.6 Å². The largest absolute Gasteiger partial charge is 0.275 e. The lowest BCUT2D eigenvalue weighted by atomic mass is 9.82. The molecule has 0 radical (unpaired) electrons. The quantitative estimate of drug-likeness (QED) is 0.455. The number of benzene rings is 2. The molecule has 134 valence electrons. The summed E-state index contributed by atoms with van der Waals surface area (Å²) in [6.07, 6.45) is 0. The van der Waals surface area contributed by atoms with Crippen LogP contribution in [0.25, 0.3) is 0 Å². The number of nitro groups is 1. The highest BCUT2D eigenvalue weighted by molar-refractivity contribution is 6.51. The van der Waals surface area contributed by atoms with E-state index >= 15 is 0 Å². The van der Waals surface area contributed by atoms with Crippen molar-refractivity contribution in [2.75, 3.05) is 11.6 Å². The van der Waals surface area contributed by atoms with Gasteiger partial charge in [-0.05, 0) is 36.8 Å². The molecule has 0 N–H and O–H groups in total. The van der Waals surface area contributed by atoms with E-state index in [1.54, 1.807) is 37.3 Å². The highest BCUT2D eigenvalue weighted by atomic mass is 35.5. The Morgan fingerprint density at radius 1 is 1.23 bits per heavy atom. The van der Waals surface area contributed by atoms with E-state index in [0.717, 1.165) is 5.01 Å². The Bertz CT molecular complexity index is 873. The van der Waals surface area contributed by atoms with Crippen LogP contribution in [0.15, 0.2) is 59.7 Å². The van der Waals surface area contributed by atoms with Crippen LogP contribution in [-0.4, -0.2) is 28.0 Å². The maximum Gasteiger partial charge on any atom is 0.275 e. The fraction of sp³-hybridized carbons (Fsp3) is 0.222. The number of hydrogen-bond acceptors (Lipinski definition) is 4. The fourth-order valence-electron chi connectivity index (χ4n) is 3.03. The van der Waals surface area contributed by atoms with Gasteiger partial charge in [-0.3, -0.25) is 14.9 Å². The van der Waals surface area contributed by atoms with Gasteiger partial charge in [0.1, 0.15) is 5.82 Å². The molecule has 2 aromatic rings. The molecule has 0 bridgehead atoms. The van der Waals surface area contributed by atoms with Crippen molar-refractivity contribution in [1.29, 1.82) is 0 Å². The number of hydrazone groups is 1. The molecular formula is C18H15ClFN3O3. The van der Waals surface area contributed by atoms with Crippen molar-refractivity contribution in [3.8, 4) is 0 Å². The molecule has 8 heteroatoms. The van der Waals surface area contributed by atoms with Gasteiger partial charge >= 0.3 is 0 Å². The van der Waals surface area contributed by atoms with Gasteiger partial charge in [-0.1, -0.05) is 30.3 Å². The molecule has 26 heavy (non-hydrogen) atoms. The van der Waals surface area contributed by atoms with Gasteiger partial charge in [0, 0.05) is 4.92 Å². The highest BCUT2D eigenvalue weighted by Gasteiger charge is 2.56. The average Bonchev–Trinajstić information content (AvgIpc) is 2.86. The first-order valence-electron chi connectivity index (χ1n) is 7.85. The Morgan fingerprint density at radius 2 is 1.85 bits per heavy atom. The lowest BCUT2D eigenvalue weighted by Crippen LogP contribution is -2.48. The number of amides is 1. The maximum absolute atomic E-state index is 13.3. The third-order valence-electron chi connectivity index (χ3n) is 4.37. The SMILES string of the molecule is CC1=NN(c2ccccc2)C(=O)C1(Cl)C(C[N+](=O)[O-])c1ccc(F)cc1. The van der Waals surface area contributed by atoms with Crippen molar-refractivity contribution in [2.24, 2.45) is 5.10 Å². The fourth-order valence-corrected chi connectivity index (χ4v) is 3.34. The monoisotopic (exact) mass is 375 g/mol. The highest BCUT2D eigenvalue weighted by Crippen LogP contribution is 2.42. The Labute approximate surface area is 154 Å². The molecule has 6 nitrogen and oxygen atoms in total. The van der Waals surface area contributed by atoms with E-state index in [-0.39, 0.29) is 5.71 Å². The molecule has 2 aromatic carbocycles. The third-order valence-corrected chi connectivity index (χ3v) is 5.06. The Morgan fingerprint density at radius 3 is 2.42 bits per heavy atom. The zero-order valence-corrected chi connectivity index (χ0v) is 14.6. The van der Waals surface area contributed by atoms with Crippen molar-refractivity contribution in [2.45, 2.75) is 17.7 Å². The molecule has 1 aliphatic heterocycles. The minimum absolute atomic E-state index is 0.254. The number of para-hydroxylation sites is 1. The van der Waals surface area contributed by atoms with E-state index in [2.05, 4.69) is 5.10 Å². The van der Waals surface area contributed by atoms with Crippen LogP contribution in [0.3, 0.4) is 0 Å². The van der Waals surface area contributed by atoms with Crippen molar-refractivity contribution in [3.63, 3.8) is 0 Å². The van der Waals surface area contributed by atoms with Gasteiger partial charge in [-0.25, -0.2) is 4.39 Å². The van der Waals surface area contributed by atoms with Gasteiger partial charge in [0.2, 0.25) is 6.54 Å². The lowest BCUT2D eigenvalue weighted by molar-refractivity contribution is -0.483. The van der Waals surface area contributed by atoms with Crippen molar-refractivity contribution in [3.05, 3.63) is 76.1 Å². The molecule has 2 atom stereocenters. The third kappa shape index (κ3) is 3.06. The summed E-state index contributed by atoms with van der Waals surface area (Å²) in [4.78, 5) is 22.0. The number of rotatable bonds is 5. The minimum atomic E-state index is -1.72. The van der Waals surface area contributed by atoms with Crippen LogP contribution >= 0.6 is 11.6 Å². The molecule has 0 aliphatic carbocycles. The number of carbonyl (C=O) groups excluding carboxylic acids is 1. The van der Waals surface area contributed by atoms with Crippen LogP contribution in [-0.2, 0) is 4.79 Å². The van der Waals surface area contributed by atoms with Gasteiger partial charge in [0.05, 0.1) is 17.3 Å². The number of alkyl halides is 1. The number of halogens is 2. The van der Waals surface area contributed by atoms with Crippen molar-refractivity contribution >= 4 is 28.9 Å². The van der Waals surface area contributed by atoms with E-state index in [1.165, 1.54) is 24.3 Å². The molecule has 1 aliphatic rings. The first kappa shape index (κ1) is 18.0. The second-order valence-corrected chi connectivity index (χ2v) is 6.57. The molecule has 2 unspecified atom stereocenters. The lowest BCUT2D eigenvalue weighted by Gasteiger charge is -2.28. The minimum Gasteiger partial charge on any atom is -0.270 e. The molecule has 0 fully saturated rings. The zero-order chi connectivity index (χ0) is 18.9. The van der Waals surface area contributed by atoms with Gasteiger partial charge < -0.3 is 0 Å². The van der Waals surface area contributed by atoms with Gasteiger partial charge in [0.25, 0.3) is 5.91 Å². The van der Waals surface area contributed by atoms with Crippen LogP contribution < -0.4 is 5.01 Å². The number of carbonyl (C=O) groups is 1. The van der Waals surface area contributed by atoms with E-state index in [0.29, 0.717) is 11.3 Å². The van der Waals surface area contributed by atoms with Crippen LogP contribution in [0.5, 0.6) is 0 Å². The van der Waals surface area contributed by atoms with Crippen LogP contribution in [0, 0.1) is 15.9 Å². The molecule has 0 aromatic heterocycles. The Kier molecular flexibility index (Phi) is 4.73. The predicted octanol–water partition coefficient (Wildman–Crippen LogP) is 3.59. The normalized spacial score (nSPS) is 20.8. The first-order chi connectivity index (χ1) is 12.3. The summed E-state index contributed by atoms with van der Waals surface area (Å²) in [5.74, 6) is -2.05. The Balaban J connectivity index is 2.05. The second kappa shape index (κ2) is 6.84. The number of nitrogens with zero attached hydrogens (tertiary/aromatic N) is 3. The van der Waals surface area contributed by atoms with Crippen molar-refractivity contribution < 1.29 is 14.1 Å². The molecule has 1 heterocycles. The van der Waals surface area contributed by atoms with E-state index < -0.39 is 34.0 Å². The molecule has 0 saturated carbocycles. The van der Waals surface area contributed by atoms with Gasteiger partial charge in [0.15, 0.2) is 4.87 Å². The molecule has 1 amide bonds. The number of anilines is 1. The molecule has 0 spiro atoms. The summed E-state index contributed by atoms with van der Waals surface area (Å²) in [5, 5.41) is 16.6. The Hall–Kier alpha value is -2.80. The van der Waals surface area contributed by atoms with Crippen LogP contribution in [0.2, 0.25) is 0 Å². The smallest absolute Gasteiger partial charge is 0.270 e. The summed E-state index contributed by atoms with van der Waals surface area (Å²) in [7, 11) is 0. The maximum atomic E-state index is 13.3. The summed E-state index contributed by atoms with van der Waals surface area (Å²) in [5.41, 5.74) is 1.17. The van der Waals surface area contributed by atoms with Gasteiger partial charge in [-0.2, -0.15) is 10.1 Å². The molecule has 3 rings (SSSR count). The van der Waals surface area contributed by atoms with E-state index in [1.807, 2.05) is 0 Å². The zero-order valence-electron chi connectivity index (χ0n) is 13.8. The summed E-state index contributed by atoms with van der Waals surface area (Å²) < 4.78 is 13.3. The second-order valence-electron chi connectivity index (χ2n) is 5.97. The van der Waals surface area contributed by atoms with Crippen LogP contribution in [0.4, 0.5) is 10.1 Å². The first-order valence-corrected chi connectivity index (χ1v) is 8.23. The standard InChI is InChI=1S/C18H15ClFN3O3/c1-12-18(19,17(24)23(21-12)15-5-3-2-4-6-15)16(11-22(25)26)13-7-9-14(20)10-8-13/h2-10,16H,11H2,1H3. The van der Waals surface area contributed by atoms with Crippen LogP contribution in [0.1, 0.15) is 18.4 Å². The van der Waals surface area contributed by atoms with Crippen molar-refractivity contribution in [1.82, 2.24) is 0 Å². The predicted molar refractivity (Wildman–Crippen MR) is 96.6 cm³/mol. The summed E-state index contributed by atoms with van der Waals surface area (Å²) in [6.45, 7) is 0.973.